The smallest absolute Gasteiger partial charge is 0.200 e. The largest absolute Gasteiger partial charge is 0.288 e. The molecule has 0 saturated carbocycles. The maximum absolute atomic E-state index is 10.4. The predicted molar refractivity (Wildman–Crippen MR) is 29.6 cm³/mol. The first kappa shape index (κ1) is 5.03. The molecule has 0 saturated heterocycles. The Morgan fingerprint density at radius 1 is 1.75 bits per heavy atom. The van der Waals surface area contributed by atoms with E-state index >= 15 is 0 Å². The standard InChI is InChI=1S/C5H6N2O/c1-4-2-5(8)3-6-7-4/h2-3H,1H3,(H,7,8). The summed E-state index contributed by atoms with van der Waals surface area (Å²) in [4.78, 5) is 10.4. The molecule has 0 unspecified atom stereocenters. The lowest BCUT2D eigenvalue weighted by Crippen LogP contribution is -2.00. The number of aromatic amines is 1. The van der Waals surface area contributed by atoms with Gasteiger partial charge in [-0.2, -0.15) is 5.10 Å². The second-order valence-electron chi connectivity index (χ2n) is 1.60. The number of aryl methyl sites for hydroxylation is 1. The van der Waals surface area contributed by atoms with Crippen LogP contribution in [0.2, 0.25) is 0 Å². The lowest BCUT2D eigenvalue weighted by atomic mass is 10.4. The molecule has 0 aliphatic carbocycles. The highest BCUT2D eigenvalue weighted by Crippen LogP contribution is 1.76. The molecule has 1 N–H and O–H groups in total. The third-order valence-electron chi connectivity index (χ3n) is 0.791. The van der Waals surface area contributed by atoms with Crippen LogP contribution in [-0.4, -0.2) is 10.2 Å². The minimum absolute atomic E-state index is 0.0544. The lowest BCUT2D eigenvalue weighted by molar-refractivity contribution is 0.969. The van der Waals surface area contributed by atoms with Crippen LogP contribution in [0.5, 0.6) is 0 Å². The summed E-state index contributed by atoms with van der Waals surface area (Å²) in [5.74, 6) is 0. The van der Waals surface area contributed by atoms with E-state index in [2.05, 4.69) is 10.2 Å². The Morgan fingerprint density at radius 2 is 2.50 bits per heavy atom. The Bertz CT molecular complexity index is 228. The van der Waals surface area contributed by atoms with Crippen LogP contribution >= 0.6 is 0 Å². The quantitative estimate of drug-likeness (QED) is 0.514. The summed E-state index contributed by atoms with van der Waals surface area (Å²) in [5, 5.41) is 6.17. The average molecular weight is 110 g/mol. The van der Waals surface area contributed by atoms with Gasteiger partial charge in [0.1, 0.15) is 0 Å². The highest BCUT2D eigenvalue weighted by atomic mass is 16.1. The number of rotatable bonds is 0. The van der Waals surface area contributed by atoms with E-state index in [-0.39, 0.29) is 5.43 Å². The maximum atomic E-state index is 10.4. The van der Waals surface area contributed by atoms with E-state index in [0.717, 1.165) is 5.69 Å². The molecule has 3 nitrogen and oxygen atoms in total. The highest BCUT2D eigenvalue weighted by Gasteiger charge is 1.81. The minimum Gasteiger partial charge on any atom is -0.288 e. The molecule has 0 spiro atoms. The van der Waals surface area contributed by atoms with Crippen molar-refractivity contribution in [1.82, 2.24) is 10.2 Å². The van der Waals surface area contributed by atoms with Gasteiger partial charge >= 0.3 is 0 Å². The van der Waals surface area contributed by atoms with Crippen LogP contribution in [0, 0.1) is 6.92 Å². The molecule has 0 radical (unpaired) electrons. The van der Waals surface area contributed by atoms with Crippen LogP contribution in [0.15, 0.2) is 17.1 Å². The van der Waals surface area contributed by atoms with Gasteiger partial charge in [0, 0.05) is 11.8 Å². The van der Waals surface area contributed by atoms with Crippen LogP contribution < -0.4 is 5.43 Å². The zero-order chi connectivity index (χ0) is 5.98. The van der Waals surface area contributed by atoms with Crippen LogP contribution in [0.3, 0.4) is 0 Å². The van der Waals surface area contributed by atoms with Crippen molar-refractivity contribution in [2.24, 2.45) is 0 Å². The van der Waals surface area contributed by atoms with Crippen molar-refractivity contribution in [1.29, 1.82) is 0 Å². The van der Waals surface area contributed by atoms with Gasteiger partial charge in [0.05, 0.1) is 6.20 Å². The summed E-state index contributed by atoms with van der Waals surface area (Å²) < 4.78 is 0. The van der Waals surface area contributed by atoms with Crippen molar-refractivity contribution in [2.45, 2.75) is 6.92 Å². The van der Waals surface area contributed by atoms with E-state index in [4.69, 9.17) is 0 Å². The Hall–Kier alpha value is -1.12. The monoisotopic (exact) mass is 110 g/mol. The van der Waals surface area contributed by atoms with Crippen LogP contribution in [0.1, 0.15) is 5.69 Å². The number of hydrogen-bond donors (Lipinski definition) is 1. The summed E-state index contributed by atoms with van der Waals surface area (Å²) in [5.41, 5.74) is 0.735. The number of aromatic nitrogens is 2. The molecule has 1 rings (SSSR count). The average Bonchev–Trinajstić information content (AvgIpc) is 1.64. The molecule has 42 valence electrons. The van der Waals surface area contributed by atoms with E-state index < -0.39 is 0 Å². The SMILES string of the molecule is Cc1cc(=O)cn[nH]1. The number of nitrogens with one attached hydrogen (secondary N) is 1. The van der Waals surface area contributed by atoms with Gasteiger partial charge in [0.15, 0.2) is 5.43 Å². The zero-order valence-electron chi connectivity index (χ0n) is 4.51. The van der Waals surface area contributed by atoms with Gasteiger partial charge in [-0.25, -0.2) is 0 Å². The van der Waals surface area contributed by atoms with Gasteiger partial charge in [0.25, 0.3) is 0 Å². The number of hydrogen-bond acceptors (Lipinski definition) is 2. The first-order valence-electron chi connectivity index (χ1n) is 2.30. The minimum atomic E-state index is -0.0544. The molecule has 1 aromatic heterocycles. The molecule has 0 fully saturated rings. The fraction of sp³-hybridized carbons (Fsp3) is 0.200. The summed E-state index contributed by atoms with van der Waals surface area (Å²) in [6.45, 7) is 1.79. The first-order chi connectivity index (χ1) is 3.79. The zero-order valence-corrected chi connectivity index (χ0v) is 4.51. The van der Waals surface area contributed by atoms with Gasteiger partial charge in [-0.15, -0.1) is 0 Å². The fourth-order valence-corrected chi connectivity index (χ4v) is 0.481. The predicted octanol–water partition coefficient (Wildman–Crippen LogP) is 0.0783. The normalized spacial score (nSPS) is 9.12. The Kier molecular flexibility index (Phi) is 1.12. The Labute approximate surface area is 46.4 Å². The highest BCUT2D eigenvalue weighted by molar-refractivity contribution is 4.95. The lowest BCUT2D eigenvalue weighted by Gasteiger charge is -1.84. The Balaban J connectivity index is 3.28. The number of H-pyrrole nitrogens is 1. The molecule has 0 amide bonds. The van der Waals surface area contributed by atoms with E-state index in [1.807, 2.05) is 0 Å². The van der Waals surface area contributed by atoms with Crippen molar-refractivity contribution >= 4 is 0 Å². The summed E-state index contributed by atoms with van der Waals surface area (Å²) >= 11 is 0. The van der Waals surface area contributed by atoms with Crippen molar-refractivity contribution in [3.63, 3.8) is 0 Å². The van der Waals surface area contributed by atoms with Crippen molar-refractivity contribution in [2.75, 3.05) is 0 Å². The molecule has 1 heterocycles. The molecule has 8 heavy (non-hydrogen) atoms. The second kappa shape index (κ2) is 1.78. The van der Waals surface area contributed by atoms with Crippen molar-refractivity contribution in [3.05, 3.63) is 28.2 Å². The van der Waals surface area contributed by atoms with E-state index in [1.54, 1.807) is 6.92 Å². The molecule has 0 aliphatic heterocycles. The number of nitrogens with zero attached hydrogens (tertiary/aromatic N) is 1. The molecule has 1 aromatic rings. The third kappa shape index (κ3) is 0.932. The van der Waals surface area contributed by atoms with E-state index in [0.29, 0.717) is 0 Å². The van der Waals surface area contributed by atoms with Crippen molar-refractivity contribution in [3.8, 4) is 0 Å². The molecule has 3 heteroatoms. The van der Waals surface area contributed by atoms with Gasteiger partial charge in [-0.05, 0) is 6.92 Å². The van der Waals surface area contributed by atoms with E-state index in [9.17, 15) is 4.79 Å². The van der Waals surface area contributed by atoms with Gasteiger partial charge in [-0.3, -0.25) is 9.89 Å². The topological polar surface area (TPSA) is 45.8 Å². The van der Waals surface area contributed by atoms with Crippen molar-refractivity contribution < 1.29 is 0 Å². The summed E-state index contributed by atoms with van der Waals surface area (Å²) in [7, 11) is 0. The van der Waals surface area contributed by atoms with Crippen LogP contribution in [-0.2, 0) is 0 Å². The maximum Gasteiger partial charge on any atom is 0.200 e. The van der Waals surface area contributed by atoms with E-state index in [1.165, 1.54) is 12.3 Å². The molecular formula is C5H6N2O. The fourth-order valence-electron chi connectivity index (χ4n) is 0.481. The summed E-state index contributed by atoms with van der Waals surface area (Å²) in [6.07, 6.45) is 1.24. The van der Waals surface area contributed by atoms with Gasteiger partial charge in [-0.1, -0.05) is 0 Å². The third-order valence-corrected chi connectivity index (χ3v) is 0.791. The molecule has 0 aromatic carbocycles. The molecule has 0 atom stereocenters. The summed E-state index contributed by atoms with van der Waals surface area (Å²) in [6, 6.07) is 1.49. The van der Waals surface area contributed by atoms with Gasteiger partial charge in [0.2, 0.25) is 0 Å². The van der Waals surface area contributed by atoms with Gasteiger partial charge < -0.3 is 0 Å². The molecule has 0 bridgehead atoms. The molecular weight excluding hydrogens is 104 g/mol. The van der Waals surface area contributed by atoms with Crippen LogP contribution in [0.4, 0.5) is 0 Å². The van der Waals surface area contributed by atoms with Crippen LogP contribution in [0.25, 0.3) is 0 Å². The second-order valence-corrected chi connectivity index (χ2v) is 1.60. The molecule has 0 aliphatic rings. The Morgan fingerprint density at radius 3 is 2.88 bits per heavy atom. The first-order valence-corrected chi connectivity index (χ1v) is 2.30.